The summed E-state index contributed by atoms with van der Waals surface area (Å²) in [7, 11) is 0. The molecule has 0 heterocycles. The van der Waals surface area contributed by atoms with Crippen molar-refractivity contribution >= 4 is 6.29 Å². The van der Waals surface area contributed by atoms with Gasteiger partial charge in [0.15, 0.2) is 0 Å². The van der Waals surface area contributed by atoms with Crippen LogP contribution >= 0.6 is 0 Å². The molecular formula is C40H46F4O3. The summed E-state index contributed by atoms with van der Waals surface area (Å²) in [6.07, 6.45) is 13.8. The van der Waals surface area contributed by atoms with E-state index in [1.54, 1.807) is 48.5 Å². The van der Waals surface area contributed by atoms with E-state index in [4.69, 9.17) is 9.47 Å². The molecule has 4 aromatic carbocycles. The lowest BCUT2D eigenvalue weighted by Crippen LogP contribution is -1.98. The molecule has 0 spiro atoms. The first-order chi connectivity index (χ1) is 22.9. The molecule has 7 heteroatoms. The number of halogens is 4. The highest BCUT2D eigenvalue weighted by Gasteiger charge is 2.08. The molecule has 0 saturated heterocycles. The standard InChI is InChI=1S/C20H22F2O2.C20H24F2O/c21-17-9-7-16(8-10-17)19-12-11-18(15-20(19)22)24-14-6-4-2-1-3-5-13-23;1-2-3-4-5-6-7-14-23-18-12-13-19(20(22)15-18)16-8-10-17(21)11-9-16/h7-13,15H,1-6,14H2;8-13,15H,2-7,14H2,1H3. The lowest BCUT2D eigenvalue weighted by molar-refractivity contribution is -0.107. The van der Waals surface area contributed by atoms with E-state index in [0.717, 1.165) is 51.2 Å². The summed E-state index contributed by atoms with van der Waals surface area (Å²) in [5.74, 6) is -0.357. The molecule has 0 atom stereocenters. The van der Waals surface area contributed by atoms with Crippen LogP contribution in [0.25, 0.3) is 22.3 Å². The van der Waals surface area contributed by atoms with Crippen LogP contribution in [0.5, 0.6) is 11.5 Å². The summed E-state index contributed by atoms with van der Waals surface area (Å²) >= 11 is 0. The van der Waals surface area contributed by atoms with E-state index < -0.39 is 0 Å². The molecule has 0 N–H and O–H groups in total. The maximum absolute atomic E-state index is 14.2. The van der Waals surface area contributed by atoms with Crippen LogP contribution < -0.4 is 9.47 Å². The molecule has 0 amide bonds. The van der Waals surface area contributed by atoms with E-state index >= 15 is 0 Å². The molecule has 3 nitrogen and oxygen atoms in total. The molecule has 0 aromatic heterocycles. The number of benzene rings is 4. The van der Waals surface area contributed by atoms with Gasteiger partial charge in [0.25, 0.3) is 0 Å². The van der Waals surface area contributed by atoms with Gasteiger partial charge in [0.2, 0.25) is 0 Å². The van der Waals surface area contributed by atoms with Gasteiger partial charge in [-0.3, -0.25) is 0 Å². The Kier molecular flexibility index (Phi) is 17.2. The first-order valence-corrected chi connectivity index (χ1v) is 16.7. The normalized spacial score (nSPS) is 10.7. The third kappa shape index (κ3) is 14.0. The minimum Gasteiger partial charge on any atom is -0.493 e. The number of hydrogen-bond donors (Lipinski definition) is 0. The predicted molar refractivity (Wildman–Crippen MR) is 182 cm³/mol. The van der Waals surface area contributed by atoms with Crippen molar-refractivity contribution in [3.63, 3.8) is 0 Å². The van der Waals surface area contributed by atoms with Crippen LogP contribution in [0.15, 0.2) is 84.9 Å². The SMILES string of the molecule is CCCCCCCCOc1ccc(-c2ccc(F)cc2)c(F)c1.O=CCCCCCCCOc1ccc(-c2ccc(F)cc2)c(F)c1. The Bertz CT molecular complexity index is 1460. The van der Waals surface area contributed by atoms with E-state index in [1.807, 2.05) is 0 Å². The third-order valence-electron chi connectivity index (χ3n) is 7.69. The first kappa shape index (κ1) is 37.3. The van der Waals surface area contributed by atoms with Gasteiger partial charge >= 0.3 is 0 Å². The van der Waals surface area contributed by atoms with Crippen LogP contribution in [0.1, 0.15) is 84.0 Å². The van der Waals surface area contributed by atoms with Crippen LogP contribution in [-0.2, 0) is 4.79 Å². The fourth-order valence-electron chi connectivity index (χ4n) is 5.02. The number of aldehydes is 1. The molecule has 0 saturated carbocycles. The molecule has 0 aliphatic carbocycles. The minimum absolute atomic E-state index is 0.326. The zero-order chi connectivity index (χ0) is 33.7. The molecule has 0 fully saturated rings. The maximum Gasteiger partial charge on any atom is 0.134 e. The van der Waals surface area contributed by atoms with Gasteiger partial charge < -0.3 is 14.3 Å². The Labute approximate surface area is 276 Å². The molecule has 0 aliphatic rings. The summed E-state index contributed by atoms with van der Waals surface area (Å²) in [6, 6.07) is 21.1. The quantitative estimate of drug-likeness (QED) is 0.0575. The fourth-order valence-corrected chi connectivity index (χ4v) is 5.02. The van der Waals surface area contributed by atoms with E-state index in [-0.39, 0.29) is 23.3 Å². The molecule has 0 aliphatic heterocycles. The monoisotopic (exact) mass is 650 g/mol. The Hall–Kier alpha value is -4.13. The van der Waals surface area contributed by atoms with E-state index in [2.05, 4.69) is 6.92 Å². The van der Waals surface area contributed by atoms with Crippen molar-refractivity contribution in [2.24, 2.45) is 0 Å². The molecule has 4 rings (SSSR count). The van der Waals surface area contributed by atoms with Crippen LogP contribution in [0.2, 0.25) is 0 Å². The Morgan fingerprint density at radius 3 is 1.32 bits per heavy atom. The van der Waals surface area contributed by atoms with E-state index in [9.17, 15) is 22.4 Å². The van der Waals surface area contributed by atoms with Gasteiger partial charge in [0.1, 0.15) is 41.1 Å². The maximum atomic E-state index is 14.2. The highest BCUT2D eigenvalue weighted by Crippen LogP contribution is 2.28. The summed E-state index contributed by atoms with van der Waals surface area (Å²) in [5, 5.41) is 0. The summed E-state index contributed by atoms with van der Waals surface area (Å²) < 4.78 is 65.4. The number of carbonyl (C=O) groups is 1. The van der Waals surface area contributed by atoms with Crippen molar-refractivity contribution in [3.8, 4) is 33.8 Å². The topological polar surface area (TPSA) is 35.5 Å². The number of carbonyl (C=O) groups excluding carboxylic acids is 1. The van der Waals surface area contributed by atoms with Crippen molar-refractivity contribution < 1.29 is 31.8 Å². The molecule has 0 radical (unpaired) electrons. The zero-order valence-corrected chi connectivity index (χ0v) is 27.3. The van der Waals surface area contributed by atoms with E-state index in [1.165, 1.54) is 62.1 Å². The lowest BCUT2D eigenvalue weighted by atomic mass is 10.1. The lowest BCUT2D eigenvalue weighted by Gasteiger charge is -2.09. The second kappa shape index (κ2) is 21.6. The van der Waals surface area contributed by atoms with Gasteiger partial charge in [-0.05, 0) is 78.9 Å². The van der Waals surface area contributed by atoms with Crippen LogP contribution in [0.4, 0.5) is 17.6 Å². The van der Waals surface area contributed by atoms with Crippen LogP contribution in [0.3, 0.4) is 0 Å². The number of hydrogen-bond acceptors (Lipinski definition) is 3. The average Bonchev–Trinajstić information content (AvgIpc) is 3.07. The summed E-state index contributed by atoms with van der Waals surface area (Å²) in [6.45, 7) is 3.36. The zero-order valence-electron chi connectivity index (χ0n) is 27.3. The number of ether oxygens (including phenoxy) is 2. The van der Waals surface area contributed by atoms with Gasteiger partial charge in [0, 0.05) is 29.7 Å². The molecule has 4 aromatic rings. The molecule has 0 bridgehead atoms. The van der Waals surface area contributed by atoms with Crippen molar-refractivity contribution in [1.29, 1.82) is 0 Å². The van der Waals surface area contributed by atoms with Crippen molar-refractivity contribution in [2.45, 2.75) is 84.0 Å². The average molecular weight is 651 g/mol. The Morgan fingerprint density at radius 2 is 0.915 bits per heavy atom. The Balaban J connectivity index is 0.000000256. The molecule has 47 heavy (non-hydrogen) atoms. The first-order valence-electron chi connectivity index (χ1n) is 16.7. The smallest absolute Gasteiger partial charge is 0.134 e. The number of unbranched alkanes of at least 4 members (excludes halogenated alkanes) is 10. The molecular weight excluding hydrogens is 604 g/mol. The second-order valence-electron chi connectivity index (χ2n) is 11.5. The summed E-state index contributed by atoms with van der Waals surface area (Å²) in [4.78, 5) is 10.2. The van der Waals surface area contributed by atoms with Crippen molar-refractivity contribution in [1.82, 2.24) is 0 Å². The van der Waals surface area contributed by atoms with Gasteiger partial charge in [-0.15, -0.1) is 0 Å². The van der Waals surface area contributed by atoms with Gasteiger partial charge in [-0.1, -0.05) is 82.6 Å². The number of rotatable bonds is 19. The third-order valence-corrected chi connectivity index (χ3v) is 7.69. The van der Waals surface area contributed by atoms with E-state index in [0.29, 0.717) is 53.4 Å². The van der Waals surface area contributed by atoms with Gasteiger partial charge in [-0.25, -0.2) is 17.6 Å². The van der Waals surface area contributed by atoms with Crippen molar-refractivity contribution in [2.75, 3.05) is 13.2 Å². The highest BCUT2D eigenvalue weighted by atomic mass is 19.1. The largest absolute Gasteiger partial charge is 0.493 e. The minimum atomic E-state index is -0.382. The van der Waals surface area contributed by atoms with Crippen molar-refractivity contribution in [3.05, 3.63) is 108 Å². The van der Waals surface area contributed by atoms with Crippen LogP contribution in [0, 0.1) is 23.3 Å². The second-order valence-corrected chi connectivity index (χ2v) is 11.5. The van der Waals surface area contributed by atoms with Gasteiger partial charge in [0.05, 0.1) is 13.2 Å². The van der Waals surface area contributed by atoms with Gasteiger partial charge in [-0.2, -0.15) is 0 Å². The predicted octanol–water partition coefficient (Wildman–Crippen LogP) is 11.9. The highest BCUT2D eigenvalue weighted by molar-refractivity contribution is 5.65. The summed E-state index contributed by atoms with van der Waals surface area (Å²) in [5.41, 5.74) is 2.18. The van der Waals surface area contributed by atoms with Crippen LogP contribution in [-0.4, -0.2) is 19.5 Å². The fraction of sp³-hybridized carbons (Fsp3) is 0.375. The molecule has 0 unspecified atom stereocenters. The molecule has 252 valence electrons. The Morgan fingerprint density at radius 1 is 0.511 bits per heavy atom.